The summed E-state index contributed by atoms with van der Waals surface area (Å²) in [6.45, 7) is 4.00. The van der Waals surface area contributed by atoms with Crippen molar-refractivity contribution in [2.24, 2.45) is 5.73 Å². The molecule has 1 atom stereocenters. The zero-order valence-corrected chi connectivity index (χ0v) is 12.3. The van der Waals surface area contributed by atoms with Crippen molar-refractivity contribution in [3.05, 3.63) is 23.8 Å². The van der Waals surface area contributed by atoms with Gasteiger partial charge in [-0.3, -0.25) is 4.79 Å². The van der Waals surface area contributed by atoms with Gasteiger partial charge in [-0.15, -0.1) is 0 Å². The Balaban J connectivity index is 2.90. The Morgan fingerprint density at radius 3 is 2.68 bits per heavy atom. The fourth-order valence-corrected chi connectivity index (χ4v) is 1.87. The molecule has 1 rings (SSSR count). The lowest BCUT2D eigenvalue weighted by Gasteiger charge is -2.21. The Labute approximate surface area is 115 Å². The average Bonchev–Trinajstić information content (AvgIpc) is 2.42. The Bertz CT molecular complexity index is 430. The van der Waals surface area contributed by atoms with Crippen LogP contribution >= 0.6 is 0 Å². The van der Waals surface area contributed by atoms with E-state index in [-0.39, 0.29) is 11.9 Å². The highest BCUT2D eigenvalue weighted by molar-refractivity contribution is 5.94. The number of hydrogen-bond acceptors (Lipinski definition) is 3. The average molecular weight is 264 g/mol. The van der Waals surface area contributed by atoms with E-state index < -0.39 is 0 Å². The molecule has 0 aromatic heterocycles. The Kier molecular flexibility index (Phi) is 5.83. The van der Waals surface area contributed by atoms with Crippen molar-refractivity contribution in [1.29, 1.82) is 0 Å². The van der Waals surface area contributed by atoms with Crippen LogP contribution in [0.15, 0.2) is 18.2 Å². The van der Waals surface area contributed by atoms with Crippen LogP contribution in [0.4, 0.5) is 5.69 Å². The molecule has 0 bridgehead atoms. The van der Waals surface area contributed by atoms with E-state index in [2.05, 4.69) is 6.92 Å². The summed E-state index contributed by atoms with van der Waals surface area (Å²) in [5.74, 6) is 0.776. The zero-order chi connectivity index (χ0) is 14.4. The number of nitrogens with zero attached hydrogens (tertiary/aromatic N) is 1. The number of carbonyl (C=O) groups is 1. The predicted molar refractivity (Wildman–Crippen MR) is 78.7 cm³/mol. The number of carbonyl (C=O) groups excluding carboxylic acids is 1. The number of hydrogen-bond donors (Lipinski definition) is 1. The van der Waals surface area contributed by atoms with Crippen LogP contribution < -0.4 is 15.4 Å². The number of amides is 1. The molecular formula is C15H24N2O2. The lowest BCUT2D eigenvalue weighted by atomic mass is 10.1. The van der Waals surface area contributed by atoms with E-state index in [0.717, 1.165) is 12.1 Å². The van der Waals surface area contributed by atoms with Crippen LogP contribution in [-0.2, 0) is 11.2 Å². The van der Waals surface area contributed by atoms with Gasteiger partial charge in [-0.25, -0.2) is 0 Å². The largest absolute Gasteiger partial charge is 0.495 e. The van der Waals surface area contributed by atoms with Gasteiger partial charge in [0.2, 0.25) is 5.91 Å². The Morgan fingerprint density at radius 1 is 1.47 bits per heavy atom. The SMILES string of the molecule is CCc1ccc(OC)c(N(C)C(=O)CCC(C)N)c1. The monoisotopic (exact) mass is 264 g/mol. The van der Waals surface area contributed by atoms with Crippen LogP contribution in [0.1, 0.15) is 32.3 Å². The van der Waals surface area contributed by atoms with E-state index >= 15 is 0 Å². The van der Waals surface area contributed by atoms with Crippen LogP contribution in [0.5, 0.6) is 5.75 Å². The fourth-order valence-electron chi connectivity index (χ4n) is 1.87. The first-order valence-corrected chi connectivity index (χ1v) is 6.68. The molecule has 1 aromatic rings. The number of aryl methyl sites for hydroxylation is 1. The number of rotatable bonds is 6. The van der Waals surface area contributed by atoms with Gasteiger partial charge >= 0.3 is 0 Å². The summed E-state index contributed by atoms with van der Waals surface area (Å²) < 4.78 is 5.32. The highest BCUT2D eigenvalue weighted by atomic mass is 16.5. The van der Waals surface area contributed by atoms with Gasteiger partial charge in [0.25, 0.3) is 0 Å². The number of ether oxygens (including phenoxy) is 1. The maximum atomic E-state index is 12.1. The van der Waals surface area contributed by atoms with E-state index in [1.807, 2.05) is 25.1 Å². The molecule has 1 unspecified atom stereocenters. The van der Waals surface area contributed by atoms with Gasteiger partial charge in [0.05, 0.1) is 12.8 Å². The van der Waals surface area contributed by atoms with Gasteiger partial charge in [-0.2, -0.15) is 0 Å². The molecule has 4 nitrogen and oxygen atoms in total. The molecule has 0 aliphatic heterocycles. The van der Waals surface area contributed by atoms with E-state index in [0.29, 0.717) is 18.6 Å². The molecule has 0 aliphatic rings. The molecular weight excluding hydrogens is 240 g/mol. The molecule has 2 N–H and O–H groups in total. The minimum Gasteiger partial charge on any atom is -0.495 e. The van der Waals surface area contributed by atoms with Gasteiger partial charge < -0.3 is 15.4 Å². The first-order chi connectivity index (χ1) is 8.99. The normalized spacial score (nSPS) is 12.1. The van der Waals surface area contributed by atoms with Crippen molar-refractivity contribution in [2.45, 2.75) is 39.2 Å². The summed E-state index contributed by atoms with van der Waals surface area (Å²) in [6.07, 6.45) is 2.07. The Morgan fingerprint density at radius 2 is 2.16 bits per heavy atom. The minimum absolute atomic E-state index is 0.0428. The summed E-state index contributed by atoms with van der Waals surface area (Å²) in [5, 5.41) is 0. The van der Waals surface area contributed by atoms with E-state index in [1.54, 1.807) is 19.1 Å². The topological polar surface area (TPSA) is 55.6 Å². The second kappa shape index (κ2) is 7.14. The molecule has 0 radical (unpaired) electrons. The lowest BCUT2D eigenvalue weighted by Crippen LogP contribution is -2.28. The van der Waals surface area contributed by atoms with Crippen molar-refractivity contribution in [2.75, 3.05) is 19.1 Å². The molecule has 0 saturated heterocycles. The minimum atomic E-state index is 0.0428. The molecule has 4 heteroatoms. The Hall–Kier alpha value is -1.55. The molecule has 0 fully saturated rings. The van der Waals surface area contributed by atoms with Gasteiger partial charge in [0, 0.05) is 19.5 Å². The standard InChI is InChI=1S/C15H24N2O2/c1-5-12-7-8-14(19-4)13(10-12)17(3)15(18)9-6-11(2)16/h7-8,10-11H,5-6,9,16H2,1-4H3. The van der Waals surface area contributed by atoms with Gasteiger partial charge in [-0.1, -0.05) is 13.0 Å². The van der Waals surface area contributed by atoms with Gasteiger partial charge in [0.1, 0.15) is 5.75 Å². The van der Waals surface area contributed by atoms with Crippen LogP contribution in [0.2, 0.25) is 0 Å². The van der Waals surface area contributed by atoms with E-state index in [4.69, 9.17) is 10.5 Å². The third-order valence-corrected chi connectivity index (χ3v) is 3.20. The summed E-state index contributed by atoms with van der Waals surface area (Å²) in [7, 11) is 3.39. The zero-order valence-electron chi connectivity index (χ0n) is 12.3. The van der Waals surface area contributed by atoms with Crippen molar-refractivity contribution in [1.82, 2.24) is 0 Å². The second-order valence-corrected chi connectivity index (χ2v) is 4.83. The van der Waals surface area contributed by atoms with Crippen LogP contribution in [0.3, 0.4) is 0 Å². The van der Waals surface area contributed by atoms with Crippen molar-refractivity contribution in [3.63, 3.8) is 0 Å². The molecule has 0 spiro atoms. The summed E-state index contributed by atoms with van der Waals surface area (Å²) in [6, 6.07) is 5.97. The maximum Gasteiger partial charge on any atom is 0.226 e. The number of methoxy groups -OCH3 is 1. The lowest BCUT2D eigenvalue weighted by molar-refractivity contribution is -0.118. The molecule has 1 amide bonds. The maximum absolute atomic E-state index is 12.1. The number of anilines is 1. The summed E-state index contributed by atoms with van der Waals surface area (Å²) in [5.41, 5.74) is 7.69. The van der Waals surface area contributed by atoms with Crippen molar-refractivity contribution >= 4 is 11.6 Å². The number of benzene rings is 1. The predicted octanol–water partition coefficient (Wildman–Crippen LogP) is 2.35. The highest BCUT2D eigenvalue weighted by Crippen LogP contribution is 2.29. The molecule has 0 saturated carbocycles. The summed E-state index contributed by atoms with van der Waals surface area (Å²) in [4.78, 5) is 13.8. The highest BCUT2D eigenvalue weighted by Gasteiger charge is 2.16. The van der Waals surface area contributed by atoms with Crippen LogP contribution in [0, 0.1) is 0 Å². The fraction of sp³-hybridized carbons (Fsp3) is 0.533. The van der Waals surface area contributed by atoms with Crippen molar-refractivity contribution in [3.8, 4) is 5.75 Å². The van der Waals surface area contributed by atoms with E-state index in [1.165, 1.54) is 5.56 Å². The third-order valence-electron chi connectivity index (χ3n) is 3.20. The summed E-state index contributed by atoms with van der Waals surface area (Å²) >= 11 is 0. The quantitative estimate of drug-likeness (QED) is 0.858. The second-order valence-electron chi connectivity index (χ2n) is 4.83. The molecule has 106 valence electrons. The van der Waals surface area contributed by atoms with Crippen molar-refractivity contribution < 1.29 is 9.53 Å². The molecule has 0 heterocycles. The van der Waals surface area contributed by atoms with E-state index in [9.17, 15) is 4.79 Å². The smallest absolute Gasteiger partial charge is 0.226 e. The number of nitrogens with two attached hydrogens (primary N) is 1. The molecule has 19 heavy (non-hydrogen) atoms. The van der Waals surface area contributed by atoms with Crippen LogP contribution in [-0.4, -0.2) is 26.1 Å². The third kappa shape index (κ3) is 4.24. The molecule has 0 aliphatic carbocycles. The van der Waals surface area contributed by atoms with Gasteiger partial charge in [-0.05, 0) is 37.5 Å². The molecule has 1 aromatic carbocycles. The first kappa shape index (κ1) is 15.5. The van der Waals surface area contributed by atoms with Gasteiger partial charge in [0.15, 0.2) is 0 Å². The van der Waals surface area contributed by atoms with Crippen LogP contribution in [0.25, 0.3) is 0 Å². The first-order valence-electron chi connectivity index (χ1n) is 6.68.